The Labute approximate surface area is 150 Å². The van der Waals surface area contributed by atoms with Crippen LogP contribution in [-0.2, 0) is 4.79 Å². The summed E-state index contributed by atoms with van der Waals surface area (Å²) in [4.78, 5) is 24.8. The van der Waals surface area contributed by atoms with Gasteiger partial charge in [-0.25, -0.2) is 4.39 Å². The van der Waals surface area contributed by atoms with Crippen molar-refractivity contribution in [1.29, 1.82) is 5.26 Å². The summed E-state index contributed by atoms with van der Waals surface area (Å²) in [7, 11) is 0. The Morgan fingerprint density at radius 2 is 1.88 bits per heavy atom. The van der Waals surface area contributed by atoms with Crippen LogP contribution in [0, 0.1) is 23.1 Å². The maximum atomic E-state index is 13.8. The Hall–Kier alpha value is -2.94. The molecule has 0 spiro atoms. The van der Waals surface area contributed by atoms with Crippen LogP contribution < -0.4 is 5.32 Å². The fourth-order valence-corrected chi connectivity index (χ4v) is 3.19. The standard InChI is InChI=1S/C20H19FN2O3/c21-16-9-5-4-8-14(16)17-10-11-18(26-17)19(24)15(12-22)20(25)23-13-6-2-1-3-7-13/h4-5,8-11,13,15H,1-3,6-7H2,(H,23,25). The fourth-order valence-electron chi connectivity index (χ4n) is 3.19. The van der Waals surface area contributed by atoms with Crippen LogP contribution in [0.25, 0.3) is 11.3 Å². The monoisotopic (exact) mass is 354 g/mol. The maximum absolute atomic E-state index is 13.8. The van der Waals surface area contributed by atoms with Crippen molar-refractivity contribution < 1.29 is 18.4 Å². The van der Waals surface area contributed by atoms with Crippen molar-refractivity contribution in [3.8, 4) is 17.4 Å². The predicted molar refractivity (Wildman–Crippen MR) is 92.6 cm³/mol. The number of halogens is 1. The first-order valence-corrected chi connectivity index (χ1v) is 8.69. The summed E-state index contributed by atoms with van der Waals surface area (Å²) >= 11 is 0. The van der Waals surface area contributed by atoms with E-state index < -0.39 is 23.4 Å². The van der Waals surface area contributed by atoms with Crippen LogP contribution in [0.5, 0.6) is 0 Å². The third-order valence-electron chi connectivity index (χ3n) is 4.59. The van der Waals surface area contributed by atoms with Crippen molar-refractivity contribution in [2.75, 3.05) is 0 Å². The van der Waals surface area contributed by atoms with Crippen molar-refractivity contribution in [3.05, 3.63) is 48.0 Å². The summed E-state index contributed by atoms with van der Waals surface area (Å²) in [5.41, 5.74) is 0.215. The number of nitrogens with zero attached hydrogens (tertiary/aromatic N) is 1. The first kappa shape index (κ1) is 17.9. The molecule has 1 aromatic heterocycles. The smallest absolute Gasteiger partial charge is 0.245 e. The average Bonchev–Trinajstić information content (AvgIpc) is 3.13. The van der Waals surface area contributed by atoms with E-state index in [1.54, 1.807) is 18.2 Å². The van der Waals surface area contributed by atoms with E-state index in [4.69, 9.17) is 4.42 Å². The Bertz CT molecular complexity index is 847. The maximum Gasteiger partial charge on any atom is 0.245 e. The zero-order valence-electron chi connectivity index (χ0n) is 14.2. The van der Waals surface area contributed by atoms with Crippen LogP contribution in [0.2, 0.25) is 0 Å². The topological polar surface area (TPSA) is 83.1 Å². The number of rotatable bonds is 5. The van der Waals surface area contributed by atoms with Gasteiger partial charge in [0.05, 0.1) is 11.6 Å². The van der Waals surface area contributed by atoms with Gasteiger partial charge in [0, 0.05) is 6.04 Å². The van der Waals surface area contributed by atoms with E-state index in [1.807, 2.05) is 0 Å². The van der Waals surface area contributed by atoms with E-state index in [-0.39, 0.29) is 23.1 Å². The number of hydrogen-bond donors (Lipinski definition) is 1. The molecule has 6 heteroatoms. The molecular weight excluding hydrogens is 335 g/mol. The zero-order chi connectivity index (χ0) is 18.5. The molecule has 1 N–H and O–H groups in total. The third kappa shape index (κ3) is 3.83. The van der Waals surface area contributed by atoms with Gasteiger partial charge in [-0.2, -0.15) is 5.26 Å². The first-order valence-electron chi connectivity index (χ1n) is 8.69. The summed E-state index contributed by atoms with van der Waals surface area (Å²) in [6.07, 6.45) is 4.91. The molecule has 1 heterocycles. The first-order chi connectivity index (χ1) is 12.6. The van der Waals surface area contributed by atoms with Gasteiger partial charge in [0.25, 0.3) is 0 Å². The highest BCUT2D eigenvalue weighted by Crippen LogP contribution is 2.26. The lowest BCUT2D eigenvalue weighted by Crippen LogP contribution is -2.41. The molecule has 0 bridgehead atoms. The molecule has 1 saturated carbocycles. The van der Waals surface area contributed by atoms with Crippen LogP contribution >= 0.6 is 0 Å². The number of nitriles is 1. The van der Waals surface area contributed by atoms with Gasteiger partial charge >= 0.3 is 0 Å². The highest BCUT2D eigenvalue weighted by molar-refractivity contribution is 6.11. The van der Waals surface area contributed by atoms with E-state index in [2.05, 4.69) is 5.32 Å². The molecule has 0 aliphatic heterocycles. The number of carbonyl (C=O) groups excluding carboxylic acids is 2. The van der Waals surface area contributed by atoms with Gasteiger partial charge in [0.2, 0.25) is 11.7 Å². The molecule has 1 amide bonds. The van der Waals surface area contributed by atoms with Gasteiger partial charge in [-0.15, -0.1) is 0 Å². The van der Waals surface area contributed by atoms with Crippen molar-refractivity contribution in [1.82, 2.24) is 5.32 Å². The van der Waals surface area contributed by atoms with E-state index in [1.165, 1.54) is 24.3 Å². The number of furan rings is 1. The van der Waals surface area contributed by atoms with Crippen LogP contribution in [-0.4, -0.2) is 17.7 Å². The van der Waals surface area contributed by atoms with Crippen LogP contribution in [0.4, 0.5) is 4.39 Å². The quantitative estimate of drug-likeness (QED) is 0.653. The summed E-state index contributed by atoms with van der Waals surface area (Å²) < 4.78 is 19.3. The minimum Gasteiger partial charge on any atom is -0.453 e. The lowest BCUT2D eigenvalue weighted by atomic mass is 9.94. The number of nitrogens with one attached hydrogen (secondary N) is 1. The van der Waals surface area contributed by atoms with Gasteiger partial charge in [-0.05, 0) is 37.1 Å². The molecule has 1 aromatic carbocycles. The molecule has 1 aliphatic carbocycles. The Morgan fingerprint density at radius 3 is 2.58 bits per heavy atom. The van der Waals surface area contributed by atoms with Gasteiger partial charge < -0.3 is 9.73 Å². The number of carbonyl (C=O) groups is 2. The van der Waals surface area contributed by atoms with E-state index in [9.17, 15) is 19.2 Å². The summed E-state index contributed by atoms with van der Waals surface area (Å²) in [6, 6.07) is 10.6. The van der Waals surface area contributed by atoms with Gasteiger partial charge in [0.15, 0.2) is 11.7 Å². The molecule has 134 valence electrons. The molecule has 1 fully saturated rings. The third-order valence-corrected chi connectivity index (χ3v) is 4.59. The van der Waals surface area contributed by atoms with E-state index >= 15 is 0 Å². The molecule has 1 unspecified atom stereocenters. The number of ketones is 1. The van der Waals surface area contributed by atoms with Gasteiger partial charge in [-0.3, -0.25) is 9.59 Å². The lowest BCUT2D eigenvalue weighted by Gasteiger charge is -2.23. The van der Waals surface area contributed by atoms with E-state index in [0.717, 1.165) is 32.1 Å². The number of Topliss-reactive ketones (excluding diaryl/α,β-unsaturated/α-hetero) is 1. The number of hydrogen-bond acceptors (Lipinski definition) is 4. The highest BCUT2D eigenvalue weighted by atomic mass is 19.1. The molecule has 0 radical (unpaired) electrons. The highest BCUT2D eigenvalue weighted by Gasteiger charge is 2.31. The summed E-state index contributed by atoms with van der Waals surface area (Å²) in [5.74, 6) is -3.23. The molecule has 5 nitrogen and oxygen atoms in total. The summed E-state index contributed by atoms with van der Waals surface area (Å²) in [6.45, 7) is 0. The van der Waals surface area contributed by atoms with Crippen LogP contribution in [0.3, 0.4) is 0 Å². The molecule has 1 atom stereocenters. The average molecular weight is 354 g/mol. The zero-order valence-corrected chi connectivity index (χ0v) is 14.2. The Balaban J connectivity index is 1.74. The van der Waals surface area contributed by atoms with Crippen molar-refractivity contribution in [2.24, 2.45) is 5.92 Å². The van der Waals surface area contributed by atoms with Crippen molar-refractivity contribution >= 4 is 11.7 Å². The van der Waals surface area contributed by atoms with Gasteiger partial charge in [0.1, 0.15) is 11.6 Å². The predicted octanol–water partition coefficient (Wildman–Crippen LogP) is 3.86. The second-order valence-corrected chi connectivity index (χ2v) is 6.41. The minimum atomic E-state index is -1.48. The van der Waals surface area contributed by atoms with E-state index in [0.29, 0.717) is 0 Å². The number of amides is 1. The second-order valence-electron chi connectivity index (χ2n) is 6.41. The number of benzene rings is 1. The van der Waals surface area contributed by atoms with Crippen molar-refractivity contribution in [2.45, 2.75) is 38.1 Å². The normalized spacial score (nSPS) is 15.8. The Morgan fingerprint density at radius 1 is 1.15 bits per heavy atom. The summed E-state index contributed by atoms with van der Waals surface area (Å²) in [5, 5.41) is 12.1. The molecule has 1 aliphatic rings. The largest absolute Gasteiger partial charge is 0.453 e. The van der Waals surface area contributed by atoms with Crippen LogP contribution in [0.15, 0.2) is 40.8 Å². The molecule has 26 heavy (non-hydrogen) atoms. The van der Waals surface area contributed by atoms with Gasteiger partial charge in [-0.1, -0.05) is 31.4 Å². The molecule has 0 saturated heterocycles. The lowest BCUT2D eigenvalue weighted by molar-refractivity contribution is -0.123. The molecule has 2 aromatic rings. The minimum absolute atomic E-state index is 0.00507. The molecule has 3 rings (SSSR count). The fraction of sp³-hybridized carbons (Fsp3) is 0.350. The van der Waals surface area contributed by atoms with Crippen molar-refractivity contribution in [3.63, 3.8) is 0 Å². The SMILES string of the molecule is N#CC(C(=O)NC1CCCCC1)C(=O)c1ccc(-c2ccccc2F)o1. The van der Waals surface area contributed by atoms with Crippen LogP contribution in [0.1, 0.15) is 42.7 Å². The molecular formula is C20H19FN2O3. The Kier molecular flexibility index (Phi) is 5.47. The second kappa shape index (κ2) is 7.96.